The molecule has 1 unspecified atom stereocenters. The molecule has 2 aromatic rings. The third-order valence-electron chi connectivity index (χ3n) is 3.23. The number of nitrogens with two attached hydrogens (primary N) is 1. The summed E-state index contributed by atoms with van der Waals surface area (Å²) in [5.74, 6) is 1.51. The molecule has 2 N–H and O–H groups in total. The van der Waals surface area contributed by atoms with Crippen molar-refractivity contribution in [2.45, 2.75) is 32.4 Å². The zero-order valence-corrected chi connectivity index (χ0v) is 12.5. The van der Waals surface area contributed by atoms with Crippen molar-refractivity contribution in [3.05, 3.63) is 40.9 Å². The smallest absolute Gasteiger partial charge is 0.164 e. The van der Waals surface area contributed by atoms with Crippen molar-refractivity contribution in [1.82, 2.24) is 14.8 Å². The number of hydrogen-bond donors (Lipinski definition) is 1. The predicted molar refractivity (Wildman–Crippen MR) is 78.8 cm³/mol. The summed E-state index contributed by atoms with van der Waals surface area (Å²) in [5, 5.41) is 4.69. The maximum atomic E-state index is 6.25. The molecule has 0 saturated carbocycles. The topological polar surface area (TPSA) is 66.0 Å². The van der Waals surface area contributed by atoms with Gasteiger partial charge in [0.05, 0.1) is 0 Å². The van der Waals surface area contributed by atoms with Crippen LogP contribution in [0.15, 0.2) is 24.5 Å². The molecule has 5 nitrogen and oxygen atoms in total. The summed E-state index contributed by atoms with van der Waals surface area (Å²) >= 11 is 6.25. The Morgan fingerprint density at radius 3 is 2.90 bits per heavy atom. The summed E-state index contributed by atoms with van der Waals surface area (Å²) in [6.45, 7) is 2.41. The summed E-state index contributed by atoms with van der Waals surface area (Å²) in [5.41, 5.74) is 6.97. The Morgan fingerprint density at radius 2 is 2.25 bits per heavy atom. The zero-order chi connectivity index (χ0) is 14.5. The molecule has 0 saturated heterocycles. The highest BCUT2D eigenvalue weighted by Crippen LogP contribution is 2.28. The van der Waals surface area contributed by atoms with E-state index in [1.54, 1.807) is 4.68 Å². The Kier molecular flexibility index (Phi) is 4.98. The number of rotatable bonds is 6. The molecular formula is C14H19ClN4O. The van der Waals surface area contributed by atoms with E-state index in [1.165, 1.54) is 6.33 Å². The first-order valence-electron chi connectivity index (χ1n) is 6.60. The Balaban J connectivity index is 2.14. The maximum absolute atomic E-state index is 6.25. The van der Waals surface area contributed by atoms with E-state index in [4.69, 9.17) is 22.1 Å². The van der Waals surface area contributed by atoms with E-state index in [2.05, 4.69) is 17.0 Å². The van der Waals surface area contributed by atoms with E-state index < -0.39 is 0 Å². The van der Waals surface area contributed by atoms with E-state index in [-0.39, 0.29) is 6.04 Å². The molecule has 6 heteroatoms. The van der Waals surface area contributed by atoms with E-state index in [0.29, 0.717) is 18.1 Å². The molecule has 0 radical (unpaired) electrons. The molecule has 1 heterocycles. The molecule has 0 bridgehead atoms. The first-order chi connectivity index (χ1) is 9.61. The Labute approximate surface area is 123 Å². The van der Waals surface area contributed by atoms with Crippen LogP contribution in [-0.4, -0.2) is 20.8 Å². The van der Waals surface area contributed by atoms with Gasteiger partial charge in [-0.05, 0) is 25.0 Å². The van der Waals surface area contributed by atoms with Gasteiger partial charge in [-0.2, -0.15) is 5.10 Å². The second-order valence-corrected chi connectivity index (χ2v) is 5.08. The van der Waals surface area contributed by atoms with Crippen LogP contribution < -0.4 is 10.5 Å². The third kappa shape index (κ3) is 3.49. The molecule has 0 aliphatic rings. The summed E-state index contributed by atoms with van der Waals surface area (Å²) < 4.78 is 7.51. The van der Waals surface area contributed by atoms with E-state index in [9.17, 15) is 0 Å². The van der Waals surface area contributed by atoms with Gasteiger partial charge in [-0.25, -0.2) is 4.98 Å². The van der Waals surface area contributed by atoms with E-state index in [1.807, 2.05) is 25.2 Å². The van der Waals surface area contributed by atoms with Gasteiger partial charge in [0, 0.05) is 23.7 Å². The lowest BCUT2D eigenvalue weighted by Gasteiger charge is -2.15. The van der Waals surface area contributed by atoms with Crippen molar-refractivity contribution >= 4 is 11.6 Å². The second kappa shape index (κ2) is 6.72. The van der Waals surface area contributed by atoms with Gasteiger partial charge in [0.1, 0.15) is 18.7 Å². The Morgan fingerprint density at radius 1 is 1.45 bits per heavy atom. The molecule has 20 heavy (non-hydrogen) atoms. The lowest BCUT2D eigenvalue weighted by atomic mass is 10.0. The fourth-order valence-corrected chi connectivity index (χ4v) is 2.11. The lowest BCUT2D eigenvalue weighted by Crippen LogP contribution is -2.22. The van der Waals surface area contributed by atoms with Gasteiger partial charge in [-0.15, -0.1) is 0 Å². The van der Waals surface area contributed by atoms with Crippen LogP contribution in [-0.2, 0) is 20.1 Å². The highest BCUT2D eigenvalue weighted by atomic mass is 35.5. The van der Waals surface area contributed by atoms with Crippen molar-refractivity contribution < 1.29 is 4.74 Å². The van der Waals surface area contributed by atoms with Gasteiger partial charge in [-0.3, -0.25) is 4.68 Å². The van der Waals surface area contributed by atoms with Crippen molar-refractivity contribution in [3.63, 3.8) is 0 Å². The van der Waals surface area contributed by atoms with E-state index >= 15 is 0 Å². The number of ether oxygens (including phenoxy) is 1. The van der Waals surface area contributed by atoms with Crippen LogP contribution in [0.1, 0.15) is 24.7 Å². The molecule has 1 aromatic carbocycles. The normalized spacial score (nSPS) is 12.4. The van der Waals surface area contributed by atoms with Crippen molar-refractivity contribution in [2.75, 3.05) is 0 Å². The van der Waals surface area contributed by atoms with Gasteiger partial charge in [0.15, 0.2) is 5.82 Å². The highest BCUT2D eigenvalue weighted by Gasteiger charge is 2.12. The van der Waals surface area contributed by atoms with E-state index in [0.717, 1.165) is 23.6 Å². The summed E-state index contributed by atoms with van der Waals surface area (Å²) in [4.78, 5) is 4.13. The van der Waals surface area contributed by atoms with Gasteiger partial charge in [-0.1, -0.05) is 24.6 Å². The minimum atomic E-state index is 0.0760. The van der Waals surface area contributed by atoms with Crippen molar-refractivity contribution in [2.24, 2.45) is 12.8 Å². The second-order valence-electron chi connectivity index (χ2n) is 4.68. The molecular weight excluding hydrogens is 276 g/mol. The summed E-state index contributed by atoms with van der Waals surface area (Å²) in [7, 11) is 1.83. The quantitative estimate of drug-likeness (QED) is 0.888. The minimum absolute atomic E-state index is 0.0760. The average molecular weight is 295 g/mol. The average Bonchev–Trinajstić information content (AvgIpc) is 2.84. The number of aryl methyl sites for hydroxylation is 1. The molecule has 0 aliphatic carbocycles. The van der Waals surface area contributed by atoms with Crippen LogP contribution >= 0.6 is 11.6 Å². The van der Waals surface area contributed by atoms with Crippen LogP contribution in [0.25, 0.3) is 0 Å². The predicted octanol–water partition coefficient (Wildman–Crippen LogP) is 2.33. The van der Waals surface area contributed by atoms with Gasteiger partial charge in [0.25, 0.3) is 0 Å². The van der Waals surface area contributed by atoms with Crippen LogP contribution in [0.2, 0.25) is 5.02 Å². The molecule has 2 rings (SSSR count). The first kappa shape index (κ1) is 14.8. The lowest BCUT2D eigenvalue weighted by molar-refractivity contribution is 0.286. The molecule has 1 atom stereocenters. The highest BCUT2D eigenvalue weighted by molar-refractivity contribution is 6.31. The van der Waals surface area contributed by atoms with Crippen LogP contribution in [0.3, 0.4) is 0 Å². The fourth-order valence-electron chi connectivity index (χ4n) is 1.87. The van der Waals surface area contributed by atoms with Gasteiger partial charge < -0.3 is 10.5 Å². The Hall–Kier alpha value is -1.59. The van der Waals surface area contributed by atoms with Crippen molar-refractivity contribution in [1.29, 1.82) is 0 Å². The molecule has 0 amide bonds. The molecule has 0 aliphatic heterocycles. The number of hydrogen-bond acceptors (Lipinski definition) is 4. The van der Waals surface area contributed by atoms with Gasteiger partial charge >= 0.3 is 0 Å². The largest absolute Gasteiger partial charge is 0.485 e. The Bertz CT molecular complexity index is 570. The number of aromatic nitrogens is 3. The zero-order valence-electron chi connectivity index (χ0n) is 11.7. The van der Waals surface area contributed by atoms with Crippen LogP contribution in [0, 0.1) is 0 Å². The first-order valence-corrected chi connectivity index (χ1v) is 6.98. The molecule has 0 fully saturated rings. The minimum Gasteiger partial charge on any atom is -0.485 e. The summed E-state index contributed by atoms with van der Waals surface area (Å²) in [6, 6.07) is 5.70. The van der Waals surface area contributed by atoms with Crippen molar-refractivity contribution in [3.8, 4) is 5.75 Å². The number of nitrogens with zero attached hydrogens (tertiary/aromatic N) is 3. The third-order valence-corrected chi connectivity index (χ3v) is 3.58. The monoisotopic (exact) mass is 294 g/mol. The van der Waals surface area contributed by atoms with Gasteiger partial charge in [0.2, 0.25) is 0 Å². The standard InChI is InChI=1S/C14H19ClN4O/c1-3-10(16)7-11-12(15)5-4-6-13(11)20-8-14-17-9-18-19(14)2/h4-6,9-10H,3,7-8,16H2,1-2H3. The molecule has 0 spiro atoms. The maximum Gasteiger partial charge on any atom is 0.164 e. The number of halogens is 1. The van der Waals surface area contributed by atoms with Crippen LogP contribution in [0.5, 0.6) is 5.75 Å². The van der Waals surface area contributed by atoms with Crippen LogP contribution in [0.4, 0.5) is 0 Å². The summed E-state index contributed by atoms with van der Waals surface area (Å²) in [6.07, 6.45) is 3.10. The molecule has 1 aromatic heterocycles. The molecule has 108 valence electrons. The SMILES string of the molecule is CCC(N)Cc1c(Cl)cccc1OCc1ncnn1C. The number of benzene rings is 1. The fraction of sp³-hybridized carbons (Fsp3) is 0.429.